The molecule has 0 spiro atoms. The van der Waals surface area contributed by atoms with Gasteiger partial charge in [-0.05, 0) is 18.2 Å². The molecule has 1 atom stereocenters. The lowest BCUT2D eigenvalue weighted by atomic mass is 10.2. The number of rotatable bonds is 4. The van der Waals surface area contributed by atoms with E-state index in [0.717, 1.165) is 0 Å². The highest BCUT2D eigenvalue weighted by Crippen LogP contribution is 2.20. The molecule has 1 aromatic carbocycles. The van der Waals surface area contributed by atoms with E-state index in [1.807, 2.05) is 0 Å². The van der Waals surface area contributed by atoms with Crippen LogP contribution in [0.2, 0.25) is 10.0 Å². The number of carbonyl (C=O) groups is 2. The molecule has 4 nitrogen and oxygen atoms in total. The molecule has 7 heteroatoms. The van der Waals surface area contributed by atoms with Gasteiger partial charge in [0.1, 0.15) is 4.83 Å². The minimum atomic E-state index is -0.607. The number of methoxy groups -OCH3 is 1. The highest BCUT2D eigenvalue weighted by atomic mass is 79.9. The van der Waals surface area contributed by atoms with Crippen molar-refractivity contribution < 1.29 is 14.3 Å². The van der Waals surface area contributed by atoms with Gasteiger partial charge in [0, 0.05) is 11.6 Å². The van der Waals surface area contributed by atoms with Crippen molar-refractivity contribution in [1.82, 2.24) is 5.32 Å². The molecule has 0 aliphatic heterocycles. The van der Waals surface area contributed by atoms with Gasteiger partial charge in [-0.25, -0.2) is 0 Å². The van der Waals surface area contributed by atoms with Gasteiger partial charge in [0.2, 0.25) is 0 Å². The molecule has 0 fully saturated rings. The topological polar surface area (TPSA) is 55.4 Å². The fraction of sp³-hybridized carbons (Fsp3) is 0.273. The first-order valence-electron chi connectivity index (χ1n) is 4.91. The largest absolute Gasteiger partial charge is 0.468 e. The fourth-order valence-electron chi connectivity index (χ4n) is 1.16. The van der Waals surface area contributed by atoms with Gasteiger partial charge >= 0.3 is 5.97 Å². The van der Waals surface area contributed by atoms with Crippen LogP contribution in [0.1, 0.15) is 10.4 Å². The number of carbonyl (C=O) groups excluding carboxylic acids is 2. The molecular weight excluding hydrogens is 345 g/mol. The third-order valence-electron chi connectivity index (χ3n) is 2.07. The molecule has 1 rings (SSSR count). The summed E-state index contributed by atoms with van der Waals surface area (Å²) in [5.74, 6) is -0.872. The van der Waals surface area contributed by atoms with E-state index in [1.165, 1.54) is 19.2 Å². The van der Waals surface area contributed by atoms with Gasteiger partial charge in [0.15, 0.2) is 0 Å². The summed E-state index contributed by atoms with van der Waals surface area (Å²) in [5.41, 5.74) is 0.258. The van der Waals surface area contributed by atoms with Gasteiger partial charge in [-0.1, -0.05) is 39.1 Å². The number of esters is 1. The van der Waals surface area contributed by atoms with E-state index in [9.17, 15) is 9.59 Å². The van der Waals surface area contributed by atoms with Crippen LogP contribution in [0.4, 0.5) is 0 Å². The first-order valence-corrected chi connectivity index (χ1v) is 6.58. The Balaban J connectivity index is 2.66. The zero-order chi connectivity index (χ0) is 13.7. The van der Waals surface area contributed by atoms with E-state index in [0.29, 0.717) is 10.0 Å². The maximum Gasteiger partial charge on any atom is 0.321 e. The van der Waals surface area contributed by atoms with Crippen LogP contribution in [0.3, 0.4) is 0 Å². The lowest BCUT2D eigenvalue weighted by Crippen LogP contribution is -2.34. The van der Waals surface area contributed by atoms with Gasteiger partial charge in [0.25, 0.3) is 5.91 Å². The molecule has 0 heterocycles. The van der Waals surface area contributed by atoms with E-state index in [1.54, 1.807) is 6.07 Å². The molecule has 1 N–H and O–H groups in total. The first-order chi connectivity index (χ1) is 8.45. The van der Waals surface area contributed by atoms with Crippen molar-refractivity contribution in [2.45, 2.75) is 4.83 Å². The van der Waals surface area contributed by atoms with E-state index >= 15 is 0 Å². The second kappa shape index (κ2) is 6.97. The summed E-state index contributed by atoms with van der Waals surface area (Å²) in [6.45, 7) is 0.0916. The van der Waals surface area contributed by atoms with Crippen LogP contribution in [0.15, 0.2) is 18.2 Å². The molecule has 98 valence electrons. The predicted octanol–water partition coefficient (Wildman–Crippen LogP) is 2.66. The van der Waals surface area contributed by atoms with Crippen molar-refractivity contribution in [1.29, 1.82) is 0 Å². The van der Waals surface area contributed by atoms with E-state index in [-0.39, 0.29) is 12.1 Å². The molecule has 1 aromatic rings. The molecule has 0 aliphatic rings. The number of benzene rings is 1. The molecule has 0 bridgehead atoms. The Labute approximate surface area is 123 Å². The highest BCUT2D eigenvalue weighted by Gasteiger charge is 2.17. The van der Waals surface area contributed by atoms with Crippen molar-refractivity contribution in [2.75, 3.05) is 13.7 Å². The van der Waals surface area contributed by atoms with Crippen molar-refractivity contribution >= 4 is 51.0 Å². The van der Waals surface area contributed by atoms with Crippen molar-refractivity contribution in [2.24, 2.45) is 0 Å². The maximum atomic E-state index is 11.8. The van der Waals surface area contributed by atoms with Gasteiger partial charge in [-0.3, -0.25) is 9.59 Å². The molecule has 0 saturated carbocycles. The quantitative estimate of drug-likeness (QED) is 0.668. The molecule has 1 amide bonds. The summed E-state index contributed by atoms with van der Waals surface area (Å²) in [6.07, 6.45) is 0. The van der Waals surface area contributed by atoms with Crippen LogP contribution in [0.5, 0.6) is 0 Å². The number of amides is 1. The molecule has 0 aliphatic carbocycles. The summed E-state index contributed by atoms with van der Waals surface area (Å²) in [5, 5.41) is 3.26. The molecule has 1 unspecified atom stereocenters. The summed E-state index contributed by atoms with van der Waals surface area (Å²) >= 11 is 14.7. The monoisotopic (exact) mass is 353 g/mol. The highest BCUT2D eigenvalue weighted by molar-refractivity contribution is 9.10. The SMILES string of the molecule is COC(=O)C(Br)CNC(=O)c1cc(Cl)ccc1Cl. The van der Waals surface area contributed by atoms with Crippen molar-refractivity contribution in [3.8, 4) is 0 Å². The Bertz CT molecular complexity index is 468. The number of alkyl halides is 1. The maximum absolute atomic E-state index is 11.8. The first kappa shape index (κ1) is 15.3. The molecular formula is C11H10BrCl2NO3. The summed E-state index contributed by atoms with van der Waals surface area (Å²) in [7, 11) is 1.27. The van der Waals surface area contributed by atoms with Crippen LogP contribution >= 0.6 is 39.1 Å². The summed E-state index contributed by atoms with van der Waals surface area (Å²) < 4.78 is 4.51. The van der Waals surface area contributed by atoms with Crippen LogP contribution in [0, 0.1) is 0 Å². The molecule has 0 aromatic heterocycles. The van der Waals surface area contributed by atoms with Crippen LogP contribution < -0.4 is 5.32 Å². The van der Waals surface area contributed by atoms with Crippen LogP contribution in [0.25, 0.3) is 0 Å². The number of hydrogen-bond donors (Lipinski definition) is 1. The van der Waals surface area contributed by atoms with E-state index in [2.05, 4.69) is 26.0 Å². The number of nitrogens with one attached hydrogen (secondary N) is 1. The average molecular weight is 355 g/mol. The second-order valence-corrected chi connectivity index (χ2v) is 5.27. The fourth-order valence-corrected chi connectivity index (χ4v) is 1.88. The van der Waals surface area contributed by atoms with Gasteiger partial charge in [0.05, 0.1) is 17.7 Å². The Morgan fingerprint density at radius 2 is 2.11 bits per heavy atom. The van der Waals surface area contributed by atoms with E-state index < -0.39 is 16.7 Å². The number of halogens is 3. The van der Waals surface area contributed by atoms with Crippen molar-refractivity contribution in [3.05, 3.63) is 33.8 Å². The summed E-state index contributed by atoms with van der Waals surface area (Å²) in [4.78, 5) is 22.3. The normalized spacial score (nSPS) is 11.8. The predicted molar refractivity (Wildman–Crippen MR) is 73.5 cm³/mol. The zero-order valence-electron chi connectivity index (χ0n) is 9.38. The zero-order valence-corrected chi connectivity index (χ0v) is 12.5. The van der Waals surface area contributed by atoms with Crippen molar-refractivity contribution in [3.63, 3.8) is 0 Å². The number of hydrogen-bond acceptors (Lipinski definition) is 3. The Kier molecular flexibility index (Phi) is 5.91. The van der Waals surface area contributed by atoms with Crippen LogP contribution in [-0.4, -0.2) is 30.4 Å². The Hall–Kier alpha value is -0.780. The van der Waals surface area contributed by atoms with Gasteiger partial charge < -0.3 is 10.1 Å². The van der Waals surface area contributed by atoms with Gasteiger partial charge in [-0.2, -0.15) is 0 Å². The number of ether oxygens (including phenoxy) is 1. The standard InChI is InChI=1S/C11H10BrCl2NO3/c1-18-11(17)8(12)5-15-10(16)7-4-6(13)2-3-9(7)14/h2-4,8H,5H2,1H3,(H,15,16). The second-order valence-electron chi connectivity index (χ2n) is 3.32. The molecule has 18 heavy (non-hydrogen) atoms. The lowest BCUT2D eigenvalue weighted by molar-refractivity contribution is -0.139. The van der Waals surface area contributed by atoms with Crippen LogP contribution in [-0.2, 0) is 9.53 Å². The minimum absolute atomic E-state index is 0.0916. The Morgan fingerprint density at radius 1 is 1.44 bits per heavy atom. The summed E-state index contributed by atoms with van der Waals surface area (Å²) in [6, 6.07) is 4.58. The third-order valence-corrected chi connectivity index (χ3v) is 3.33. The third kappa shape index (κ3) is 4.15. The molecule has 0 radical (unpaired) electrons. The minimum Gasteiger partial charge on any atom is -0.468 e. The molecule has 0 saturated heterocycles. The van der Waals surface area contributed by atoms with E-state index in [4.69, 9.17) is 23.2 Å². The average Bonchev–Trinajstić information content (AvgIpc) is 2.37. The lowest BCUT2D eigenvalue weighted by Gasteiger charge is -2.10. The smallest absolute Gasteiger partial charge is 0.321 e. The van der Waals surface area contributed by atoms with Gasteiger partial charge in [-0.15, -0.1) is 0 Å². The Morgan fingerprint density at radius 3 is 2.72 bits per heavy atom.